The number of carbonyl (C=O) groups excluding carboxylic acids is 1. The van der Waals surface area contributed by atoms with Gasteiger partial charge >= 0.3 is 5.97 Å². The van der Waals surface area contributed by atoms with Gasteiger partial charge in [-0.3, -0.25) is 0 Å². The summed E-state index contributed by atoms with van der Waals surface area (Å²) in [5, 5.41) is 7.99. The van der Waals surface area contributed by atoms with E-state index in [-0.39, 0.29) is 5.69 Å². The Hall–Kier alpha value is -1.69. The molecular formula is C15H18BrN3O2. The van der Waals surface area contributed by atoms with Crippen LogP contribution in [0.3, 0.4) is 0 Å². The lowest BCUT2D eigenvalue weighted by Crippen LogP contribution is -2.12. The third kappa shape index (κ3) is 3.91. The summed E-state index contributed by atoms with van der Waals surface area (Å²) in [6.45, 7) is 6.74. The minimum Gasteiger partial charge on any atom is -0.461 e. The summed E-state index contributed by atoms with van der Waals surface area (Å²) in [6, 6.07) is 7.89. The van der Waals surface area contributed by atoms with Crippen LogP contribution in [-0.4, -0.2) is 27.6 Å². The second-order valence-electron chi connectivity index (χ2n) is 5.26. The van der Waals surface area contributed by atoms with Crippen molar-refractivity contribution in [2.45, 2.75) is 27.3 Å². The maximum atomic E-state index is 12.0. The monoisotopic (exact) mass is 351 g/mol. The summed E-state index contributed by atoms with van der Waals surface area (Å²) in [5.74, 6) is -0.121. The lowest BCUT2D eigenvalue weighted by Gasteiger charge is -2.07. The van der Waals surface area contributed by atoms with Gasteiger partial charge in [-0.15, -0.1) is 5.10 Å². The summed E-state index contributed by atoms with van der Waals surface area (Å²) in [4.78, 5) is 12.0. The number of halogens is 1. The van der Waals surface area contributed by atoms with Gasteiger partial charge in [-0.1, -0.05) is 53.2 Å². The molecule has 0 unspecified atom stereocenters. The minimum atomic E-state index is -0.417. The van der Waals surface area contributed by atoms with Gasteiger partial charge in [-0.25, -0.2) is 9.48 Å². The van der Waals surface area contributed by atoms with Crippen molar-refractivity contribution >= 4 is 21.9 Å². The molecule has 1 heterocycles. The summed E-state index contributed by atoms with van der Waals surface area (Å²) in [7, 11) is 0. The zero-order valence-electron chi connectivity index (χ0n) is 12.3. The summed E-state index contributed by atoms with van der Waals surface area (Å²) < 4.78 is 7.90. The quantitative estimate of drug-likeness (QED) is 0.776. The highest BCUT2D eigenvalue weighted by Crippen LogP contribution is 2.18. The van der Waals surface area contributed by atoms with Crippen molar-refractivity contribution in [3.05, 3.63) is 45.7 Å². The van der Waals surface area contributed by atoms with E-state index in [2.05, 4.69) is 26.2 Å². The van der Waals surface area contributed by atoms with Gasteiger partial charge in [0.25, 0.3) is 0 Å². The molecule has 1 aromatic heterocycles. The first kappa shape index (κ1) is 15.7. The second kappa shape index (κ2) is 6.85. The largest absolute Gasteiger partial charge is 0.461 e. The van der Waals surface area contributed by atoms with Gasteiger partial charge in [0.2, 0.25) is 0 Å². The van der Waals surface area contributed by atoms with Crippen molar-refractivity contribution in [2.24, 2.45) is 5.92 Å². The van der Waals surface area contributed by atoms with Crippen LogP contribution in [0.2, 0.25) is 0 Å². The first-order valence-corrected chi connectivity index (χ1v) is 7.59. The van der Waals surface area contributed by atoms with Crippen LogP contribution in [0.25, 0.3) is 0 Å². The molecule has 112 valence electrons. The van der Waals surface area contributed by atoms with Crippen molar-refractivity contribution in [2.75, 3.05) is 6.61 Å². The Kier molecular flexibility index (Phi) is 5.12. The van der Waals surface area contributed by atoms with Crippen LogP contribution in [0.15, 0.2) is 28.7 Å². The highest BCUT2D eigenvalue weighted by molar-refractivity contribution is 9.10. The average molecular weight is 352 g/mol. The fourth-order valence-corrected chi connectivity index (χ4v) is 2.21. The number of carbonyl (C=O) groups is 1. The van der Waals surface area contributed by atoms with E-state index in [0.717, 1.165) is 10.0 Å². The second-order valence-corrected chi connectivity index (χ2v) is 6.12. The van der Waals surface area contributed by atoms with Gasteiger partial charge in [0.05, 0.1) is 18.8 Å². The van der Waals surface area contributed by atoms with E-state index in [0.29, 0.717) is 24.8 Å². The number of aromatic nitrogens is 3. The predicted molar refractivity (Wildman–Crippen MR) is 83.1 cm³/mol. The van der Waals surface area contributed by atoms with Crippen LogP contribution in [-0.2, 0) is 11.3 Å². The number of nitrogens with zero attached hydrogens (tertiary/aromatic N) is 3. The van der Waals surface area contributed by atoms with Crippen LogP contribution in [0.1, 0.15) is 35.6 Å². The lowest BCUT2D eigenvalue weighted by atomic mass is 10.2. The van der Waals surface area contributed by atoms with E-state index in [1.165, 1.54) is 0 Å². The van der Waals surface area contributed by atoms with Crippen LogP contribution in [0.4, 0.5) is 0 Å². The third-order valence-electron chi connectivity index (χ3n) is 3.00. The fourth-order valence-electron chi connectivity index (χ4n) is 1.80. The Morgan fingerprint density at radius 3 is 2.76 bits per heavy atom. The number of rotatable bonds is 5. The molecule has 0 saturated carbocycles. The van der Waals surface area contributed by atoms with E-state index in [9.17, 15) is 4.79 Å². The predicted octanol–water partition coefficient (Wildman–Crippen LogP) is 3.21. The van der Waals surface area contributed by atoms with Crippen molar-refractivity contribution in [1.82, 2.24) is 15.0 Å². The average Bonchev–Trinajstić information content (AvgIpc) is 2.80. The normalized spacial score (nSPS) is 10.9. The fraction of sp³-hybridized carbons (Fsp3) is 0.400. The van der Waals surface area contributed by atoms with E-state index < -0.39 is 5.97 Å². The van der Waals surface area contributed by atoms with Crippen molar-refractivity contribution in [1.29, 1.82) is 0 Å². The number of hydrogen-bond acceptors (Lipinski definition) is 4. The number of ether oxygens (including phenoxy) is 1. The topological polar surface area (TPSA) is 57.0 Å². The van der Waals surface area contributed by atoms with E-state index in [1.807, 2.05) is 45.0 Å². The summed E-state index contributed by atoms with van der Waals surface area (Å²) >= 11 is 3.50. The van der Waals surface area contributed by atoms with Crippen LogP contribution < -0.4 is 0 Å². The zero-order chi connectivity index (χ0) is 15.4. The Bertz CT molecular complexity index is 638. The van der Waals surface area contributed by atoms with Gasteiger partial charge in [-0.2, -0.15) is 0 Å². The molecule has 2 aromatic rings. The first-order chi connectivity index (χ1) is 9.99. The molecule has 0 radical (unpaired) electrons. The molecule has 21 heavy (non-hydrogen) atoms. The number of esters is 1. The molecule has 5 nitrogen and oxygen atoms in total. The molecule has 0 N–H and O–H groups in total. The zero-order valence-corrected chi connectivity index (χ0v) is 13.9. The maximum Gasteiger partial charge on any atom is 0.360 e. The van der Waals surface area contributed by atoms with Crippen LogP contribution >= 0.6 is 15.9 Å². The van der Waals surface area contributed by atoms with Gasteiger partial charge in [0, 0.05) is 4.47 Å². The molecular weight excluding hydrogens is 334 g/mol. The van der Waals surface area contributed by atoms with Gasteiger partial charge < -0.3 is 4.74 Å². The molecule has 2 rings (SSSR count). The summed E-state index contributed by atoms with van der Waals surface area (Å²) in [6.07, 6.45) is 0. The van der Waals surface area contributed by atoms with Gasteiger partial charge in [-0.05, 0) is 24.5 Å². The highest BCUT2D eigenvalue weighted by atomic mass is 79.9. The van der Waals surface area contributed by atoms with Gasteiger partial charge in [0.1, 0.15) is 0 Å². The Morgan fingerprint density at radius 1 is 1.38 bits per heavy atom. The summed E-state index contributed by atoms with van der Waals surface area (Å²) in [5.41, 5.74) is 2.06. The molecule has 0 atom stereocenters. The molecule has 0 amide bonds. The van der Waals surface area contributed by atoms with Crippen molar-refractivity contribution < 1.29 is 9.53 Å². The SMILES string of the molecule is Cc1c(C(=O)OCC(C)C)nnn1Cc1ccccc1Br. The van der Waals surface area contributed by atoms with Gasteiger partial charge in [0.15, 0.2) is 5.69 Å². The van der Waals surface area contributed by atoms with E-state index in [4.69, 9.17) is 4.74 Å². The Balaban J connectivity index is 2.14. The molecule has 6 heteroatoms. The van der Waals surface area contributed by atoms with Crippen LogP contribution in [0, 0.1) is 12.8 Å². The number of hydrogen-bond donors (Lipinski definition) is 0. The molecule has 0 spiro atoms. The third-order valence-corrected chi connectivity index (χ3v) is 3.78. The van der Waals surface area contributed by atoms with Crippen molar-refractivity contribution in [3.63, 3.8) is 0 Å². The molecule has 0 saturated heterocycles. The molecule has 0 bridgehead atoms. The molecule has 0 fully saturated rings. The highest BCUT2D eigenvalue weighted by Gasteiger charge is 2.18. The molecule has 0 aliphatic carbocycles. The Labute approximate surface area is 132 Å². The molecule has 0 aliphatic rings. The van der Waals surface area contributed by atoms with E-state index in [1.54, 1.807) is 4.68 Å². The first-order valence-electron chi connectivity index (χ1n) is 6.79. The van der Waals surface area contributed by atoms with Crippen molar-refractivity contribution in [3.8, 4) is 0 Å². The minimum absolute atomic E-state index is 0.280. The van der Waals surface area contributed by atoms with Crippen LogP contribution in [0.5, 0.6) is 0 Å². The lowest BCUT2D eigenvalue weighted by molar-refractivity contribution is 0.0451. The number of benzene rings is 1. The molecule has 1 aromatic carbocycles. The maximum absolute atomic E-state index is 12.0. The van der Waals surface area contributed by atoms with E-state index >= 15 is 0 Å². The smallest absolute Gasteiger partial charge is 0.360 e. The molecule has 0 aliphatic heterocycles. The Morgan fingerprint density at radius 2 is 2.10 bits per heavy atom. The standard InChI is InChI=1S/C15H18BrN3O2/c1-10(2)9-21-15(20)14-11(3)19(18-17-14)8-12-6-4-5-7-13(12)16/h4-7,10H,8-9H2,1-3H3.